The summed E-state index contributed by atoms with van der Waals surface area (Å²) in [5.41, 5.74) is 0.429. The lowest BCUT2D eigenvalue weighted by molar-refractivity contribution is -0.137. The molecule has 150 valence electrons. The van der Waals surface area contributed by atoms with Gasteiger partial charge >= 0.3 is 5.97 Å². The maximum Gasteiger partial charge on any atom is 0.303 e. The van der Waals surface area contributed by atoms with Crippen LogP contribution in [0.1, 0.15) is 61.7 Å². The molecule has 0 bridgehead atoms. The van der Waals surface area contributed by atoms with Gasteiger partial charge in [0.1, 0.15) is 0 Å². The Morgan fingerprint density at radius 1 is 0.963 bits per heavy atom. The molecule has 1 aliphatic heterocycles. The molecule has 0 atom stereocenters. The Kier molecular flexibility index (Phi) is 8.24. The second-order valence-corrected chi connectivity index (χ2v) is 8.74. The molecule has 1 heterocycles. The molecule has 0 unspecified atom stereocenters. The van der Waals surface area contributed by atoms with Gasteiger partial charge in [0.25, 0.3) is 5.91 Å². The number of carboxylic acid groups (broad SMARTS) is 1. The molecule has 1 amide bonds. The molecule has 2 rings (SSSR count). The number of nitrogens with zero attached hydrogens (tertiary/aromatic N) is 1. The Bertz CT molecular complexity index is 725. The van der Waals surface area contributed by atoms with Crippen molar-refractivity contribution in [1.29, 1.82) is 0 Å². The number of carbonyl (C=O) groups is 2. The fourth-order valence-corrected chi connectivity index (χ4v) is 4.61. The molecule has 1 fully saturated rings. The topological polar surface area (TPSA) is 104 Å². The second kappa shape index (κ2) is 10.4. The Labute approximate surface area is 160 Å². The number of piperidine rings is 1. The summed E-state index contributed by atoms with van der Waals surface area (Å²) in [5, 5.41) is 11.4. The highest BCUT2D eigenvalue weighted by Crippen LogP contribution is 2.20. The molecule has 0 aromatic heterocycles. The Morgan fingerprint density at radius 3 is 2.22 bits per heavy atom. The third kappa shape index (κ3) is 6.62. The first-order valence-electron chi connectivity index (χ1n) is 9.51. The van der Waals surface area contributed by atoms with Crippen LogP contribution in [0, 0.1) is 0 Å². The maximum atomic E-state index is 12.6. The number of sulfonamides is 1. The molecule has 0 saturated carbocycles. The predicted octanol–water partition coefficient (Wildman–Crippen LogP) is 2.63. The molecule has 0 spiro atoms. The van der Waals surface area contributed by atoms with Crippen molar-refractivity contribution in [3.05, 3.63) is 29.8 Å². The number of rotatable bonds is 10. The third-order valence-corrected chi connectivity index (χ3v) is 6.59. The van der Waals surface area contributed by atoms with Gasteiger partial charge in [0.05, 0.1) is 4.90 Å². The Hall–Kier alpha value is -1.93. The molecule has 2 N–H and O–H groups in total. The summed E-state index contributed by atoms with van der Waals surface area (Å²) in [6, 6.07) is 6.06. The number of aliphatic carboxylic acids is 1. The molecule has 8 heteroatoms. The quantitative estimate of drug-likeness (QED) is 0.592. The number of carboxylic acids is 1. The highest BCUT2D eigenvalue weighted by Gasteiger charge is 2.25. The van der Waals surface area contributed by atoms with Crippen LogP contribution in [0.2, 0.25) is 0 Å². The first kappa shape index (κ1) is 21.4. The minimum absolute atomic E-state index is 0.180. The lowest BCUT2D eigenvalue weighted by Crippen LogP contribution is -2.35. The lowest BCUT2D eigenvalue weighted by atomic mass is 10.1. The van der Waals surface area contributed by atoms with Crippen molar-refractivity contribution < 1.29 is 23.1 Å². The first-order valence-corrected chi connectivity index (χ1v) is 11.0. The number of nitrogens with one attached hydrogen (secondary N) is 1. The van der Waals surface area contributed by atoms with E-state index in [1.807, 2.05) is 0 Å². The normalized spacial score (nSPS) is 15.4. The van der Waals surface area contributed by atoms with E-state index in [4.69, 9.17) is 5.11 Å². The van der Waals surface area contributed by atoms with Crippen molar-refractivity contribution >= 4 is 21.9 Å². The van der Waals surface area contributed by atoms with Gasteiger partial charge in [-0.15, -0.1) is 0 Å². The summed E-state index contributed by atoms with van der Waals surface area (Å²) < 4.78 is 26.7. The number of hydrogen-bond acceptors (Lipinski definition) is 4. The maximum absolute atomic E-state index is 12.6. The average Bonchev–Trinajstić information content (AvgIpc) is 2.67. The van der Waals surface area contributed by atoms with E-state index in [9.17, 15) is 18.0 Å². The number of carbonyl (C=O) groups excluding carboxylic acids is 1. The molecule has 1 aliphatic rings. The number of amides is 1. The molecular weight excluding hydrogens is 368 g/mol. The van der Waals surface area contributed by atoms with E-state index in [2.05, 4.69) is 5.32 Å². The summed E-state index contributed by atoms with van der Waals surface area (Å²) in [6.07, 6.45) is 6.13. The summed E-state index contributed by atoms with van der Waals surface area (Å²) in [6.45, 7) is 1.62. The van der Waals surface area contributed by atoms with Crippen LogP contribution in [-0.2, 0) is 14.8 Å². The standard InChI is InChI=1S/C19H28N2O5S/c22-18(23)8-4-1-2-5-13-20-19(24)16-9-11-17(12-10-16)27(25,26)21-14-6-3-7-15-21/h9-12H,1-8,13-15H2,(H,20,24)(H,22,23). The zero-order valence-corrected chi connectivity index (χ0v) is 16.3. The summed E-state index contributed by atoms with van der Waals surface area (Å²) in [4.78, 5) is 22.8. The van der Waals surface area contributed by atoms with E-state index in [1.54, 1.807) is 12.1 Å². The van der Waals surface area contributed by atoms with Crippen LogP contribution in [-0.4, -0.2) is 49.3 Å². The van der Waals surface area contributed by atoms with Gasteiger partial charge in [0, 0.05) is 31.6 Å². The highest BCUT2D eigenvalue weighted by molar-refractivity contribution is 7.89. The zero-order valence-electron chi connectivity index (χ0n) is 15.5. The van der Waals surface area contributed by atoms with Crippen LogP contribution in [0.25, 0.3) is 0 Å². The summed E-state index contributed by atoms with van der Waals surface area (Å²) in [7, 11) is -3.48. The van der Waals surface area contributed by atoms with Crippen LogP contribution >= 0.6 is 0 Å². The lowest BCUT2D eigenvalue weighted by Gasteiger charge is -2.25. The minimum Gasteiger partial charge on any atom is -0.481 e. The van der Waals surface area contributed by atoms with Crippen molar-refractivity contribution in [2.24, 2.45) is 0 Å². The largest absolute Gasteiger partial charge is 0.481 e. The van der Waals surface area contributed by atoms with Crippen LogP contribution in [0.4, 0.5) is 0 Å². The van der Waals surface area contributed by atoms with Gasteiger partial charge < -0.3 is 10.4 Å². The Balaban J connectivity index is 1.78. The van der Waals surface area contributed by atoms with E-state index >= 15 is 0 Å². The van der Waals surface area contributed by atoms with Gasteiger partial charge in [0.2, 0.25) is 10.0 Å². The van der Waals surface area contributed by atoms with Gasteiger partial charge in [-0.1, -0.05) is 19.3 Å². The van der Waals surface area contributed by atoms with Crippen LogP contribution in [0.5, 0.6) is 0 Å². The SMILES string of the molecule is O=C(O)CCCCCCNC(=O)c1ccc(S(=O)(=O)N2CCCCC2)cc1. The molecule has 1 saturated heterocycles. The fourth-order valence-electron chi connectivity index (χ4n) is 3.09. The van der Waals surface area contributed by atoms with Crippen LogP contribution in [0.3, 0.4) is 0 Å². The van der Waals surface area contributed by atoms with Gasteiger partial charge in [-0.3, -0.25) is 9.59 Å². The van der Waals surface area contributed by atoms with Crippen molar-refractivity contribution in [1.82, 2.24) is 9.62 Å². The highest BCUT2D eigenvalue weighted by atomic mass is 32.2. The summed E-state index contributed by atoms with van der Waals surface area (Å²) in [5.74, 6) is -1.02. The van der Waals surface area contributed by atoms with E-state index in [0.29, 0.717) is 31.6 Å². The van der Waals surface area contributed by atoms with Gasteiger partial charge in [-0.25, -0.2) is 8.42 Å². The zero-order chi connectivity index (χ0) is 19.7. The smallest absolute Gasteiger partial charge is 0.303 e. The molecular formula is C19H28N2O5S. The number of unbranched alkanes of at least 4 members (excludes halogenated alkanes) is 3. The van der Waals surface area contributed by atoms with Crippen molar-refractivity contribution in [2.75, 3.05) is 19.6 Å². The van der Waals surface area contributed by atoms with Crippen LogP contribution < -0.4 is 5.32 Å². The predicted molar refractivity (Wildman–Crippen MR) is 102 cm³/mol. The van der Waals surface area contributed by atoms with Gasteiger partial charge in [0.15, 0.2) is 0 Å². The van der Waals surface area contributed by atoms with Gasteiger partial charge in [-0.05, 0) is 49.9 Å². The molecule has 0 radical (unpaired) electrons. The Morgan fingerprint density at radius 2 is 1.59 bits per heavy atom. The molecule has 0 aliphatic carbocycles. The number of hydrogen-bond donors (Lipinski definition) is 2. The fraction of sp³-hybridized carbons (Fsp3) is 0.579. The van der Waals surface area contributed by atoms with E-state index in [1.165, 1.54) is 16.4 Å². The molecule has 7 nitrogen and oxygen atoms in total. The third-order valence-electron chi connectivity index (χ3n) is 4.67. The first-order chi connectivity index (χ1) is 12.9. The van der Waals surface area contributed by atoms with E-state index < -0.39 is 16.0 Å². The average molecular weight is 397 g/mol. The van der Waals surface area contributed by atoms with Crippen molar-refractivity contribution in [3.63, 3.8) is 0 Å². The van der Waals surface area contributed by atoms with E-state index in [-0.39, 0.29) is 17.2 Å². The summed E-state index contributed by atoms with van der Waals surface area (Å²) >= 11 is 0. The molecule has 1 aromatic carbocycles. The van der Waals surface area contributed by atoms with Crippen LogP contribution in [0.15, 0.2) is 29.2 Å². The van der Waals surface area contributed by atoms with Crippen molar-refractivity contribution in [2.45, 2.75) is 56.3 Å². The number of benzene rings is 1. The van der Waals surface area contributed by atoms with Crippen molar-refractivity contribution in [3.8, 4) is 0 Å². The minimum atomic E-state index is -3.48. The van der Waals surface area contributed by atoms with Gasteiger partial charge in [-0.2, -0.15) is 4.31 Å². The molecule has 1 aromatic rings. The monoisotopic (exact) mass is 396 g/mol. The second-order valence-electron chi connectivity index (χ2n) is 6.80. The van der Waals surface area contributed by atoms with E-state index in [0.717, 1.165) is 38.5 Å². The molecule has 27 heavy (non-hydrogen) atoms.